The Labute approximate surface area is 137 Å². The van der Waals surface area contributed by atoms with Gasteiger partial charge in [-0.15, -0.1) is 0 Å². The summed E-state index contributed by atoms with van der Waals surface area (Å²) >= 11 is 0. The van der Waals surface area contributed by atoms with E-state index < -0.39 is 0 Å². The summed E-state index contributed by atoms with van der Waals surface area (Å²) in [5.41, 5.74) is 2.47. The maximum Gasteiger partial charge on any atom is 0.161 e. The first kappa shape index (κ1) is 15.9. The fourth-order valence-electron chi connectivity index (χ4n) is 3.23. The lowest BCUT2D eigenvalue weighted by molar-refractivity contribution is 0.345. The maximum absolute atomic E-state index is 5.40. The number of methoxy groups -OCH3 is 2. The summed E-state index contributed by atoms with van der Waals surface area (Å²) in [6, 6.07) is 4.10. The van der Waals surface area contributed by atoms with Gasteiger partial charge in [-0.2, -0.15) is 0 Å². The molecule has 1 aromatic carbocycles. The molecule has 2 aromatic rings. The zero-order valence-corrected chi connectivity index (χ0v) is 14.1. The van der Waals surface area contributed by atoms with Crippen molar-refractivity contribution < 1.29 is 9.47 Å². The van der Waals surface area contributed by atoms with Crippen LogP contribution in [0.25, 0.3) is 0 Å². The molecule has 1 aliphatic rings. The highest BCUT2D eigenvalue weighted by Crippen LogP contribution is 2.30. The lowest BCUT2D eigenvalue weighted by Gasteiger charge is -2.24. The first-order valence-electron chi connectivity index (χ1n) is 8.13. The molecule has 124 valence electrons. The monoisotopic (exact) mass is 315 g/mol. The molecular weight excluding hydrogens is 290 g/mol. The predicted octanol–water partition coefficient (Wildman–Crippen LogP) is 2.56. The quantitative estimate of drug-likeness (QED) is 0.890. The normalized spacial score (nSPS) is 16.9. The largest absolute Gasteiger partial charge is 0.493 e. The smallest absolute Gasteiger partial charge is 0.161 e. The van der Waals surface area contributed by atoms with Crippen LogP contribution in [0.2, 0.25) is 0 Å². The molecule has 0 spiro atoms. The summed E-state index contributed by atoms with van der Waals surface area (Å²) in [4.78, 5) is 4.38. The van der Waals surface area contributed by atoms with Crippen molar-refractivity contribution in [3.05, 3.63) is 41.5 Å². The Morgan fingerprint density at radius 3 is 2.83 bits per heavy atom. The molecule has 0 amide bonds. The van der Waals surface area contributed by atoms with E-state index in [4.69, 9.17) is 9.47 Å². The van der Waals surface area contributed by atoms with Gasteiger partial charge in [0.15, 0.2) is 11.5 Å². The molecule has 3 rings (SSSR count). The van der Waals surface area contributed by atoms with Crippen molar-refractivity contribution in [2.45, 2.75) is 32.9 Å². The van der Waals surface area contributed by atoms with E-state index in [0.717, 1.165) is 37.6 Å². The summed E-state index contributed by atoms with van der Waals surface area (Å²) < 4.78 is 13.0. The number of fused-ring (bicyclic) bond motifs is 1. The SMILES string of the molecule is COc1cc(C)c(CNC[C@@H]2CCc3nccn3C2)cc1OC. The van der Waals surface area contributed by atoms with Crippen LogP contribution in [0, 0.1) is 12.8 Å². The second-order valence-electron chi connectivity index (χ2n) is 6.17. The predicted molar refractivity (Wildman–Crippen MR) is 90.0 cm³/mol. The Kier molecular flexibility index (Phi) is 4.86. The van der Waals surface area contributed by atoms with Crippen molar-refractivity contribution in [1.29, 1.82) is 0 Å². The molecule has 0 unspecified atom stereocenters. The number of imidazole rings is 1. The summed E-state index contributed by atoms with van der Waals surface area (Å²) in [5, 5.41) is 3.59. The minimum atomic E-state index is 0.664. The van der Waals surface area contributed by atoms with Gasteiger partial charge in [0.25, 0.3) is 0 Å². The number of nitrogens with one attached hydrogen (secondary N) is 1. The van der Waals surface area contributed by atoms with Crippen molar-refractivity contribution in [3.8, 4) is 11.5 Å². The van der Waals surface area contributed by atoms with Crippen LogP contribution in [-0.4, -0.2) is 30.3 Å². The van der Waals surface area contributed by atoms with Crippen molar-refractivity contribution in [2.75, 3.05) is 20.8 Å². The Bertz CT molecular complexity index is 666. The first-order valence-corrected chi connectivity index (χ1v) is 8.13. The highest BCUT2D eigenvalue weighted by Gasteiger charge is 2.18. The van der Waals surface area contributed by atoms with Gasteiger partial charge < -0.3 is 19.4 Å². The molecule has 0 bridgehead atoms. The molecule has 1 N–H and O–H groups in total. The van der Waals surface area contributed by atoms with Gasteiger partial charge >= 0.3 is 0 Å². The molecule has 5 heteroatoms. The molecular formula is C18H25N3O2. The summed E-state index contributed by atoms with van der Waals surface area (Å²) in [6.45, 7) is 5.04. The maximum atomic E-state index is 5.40. The van der Waals surface area contributed by atoms with Crippen LogP contribution >= 0.6 is 0 Å². The Hall–Kier alpha value is -2.01. The zero-order valence-electron chi connectivity index (χ0n) is 14.1. The van der Waals surface area contributed by atoms with Crippen LogP contribution in [0.3, 0.4) is 0 Å². The molecule has 0 radical (unpaired) electrons. The van der Waals surface area contributed by atoms with Crippen LogP contribution in [0.15, 0.2) is 24.5 Å². The van der Waals surface area contributed by atoms with Crippen molar-refractivity contribution in [1.82, 2.24) is 14.9 Å². The Morgan fingerprint density at radius 1 is 1.26 bits per heavy atom. The highest BCUT2D eigenvalue weighted by atomic mass is 16.5. The van der Waals surface area contributed by atoms with Crippen LogP contribution in [-0.2, 0) is 19.5 Å². The van der Waals surface area contributed by atoms with E-state index >= 15 is 0 Å². The van der Waals surface area contributed by atoms with Crippen molar-refractivity contribution in [3.63, 3.8) is 0 Å². The first-order chi connectivity index (χ1) is 11.2. The third-order valence-corrected chi connectivity index (χ3v) is 4.62. The average Bonchev–Trinajstić information content (AvgIpc) is 3.03. The number of benzene rings is 1. The van der Waals surface area contributed by atoms with Gasteiger partial charge in [0.1, 0.15) is 5.82 Å². The van der Waals surface area contributed by atoms with Gasteiger partial charge in [-0.3, -0.25) is 0 Å². The van der Waals surface area contributed by atoms with Crippen LogP contribution in [0.4, 0.5) is 0 Å². The number of nitrogens with zero attached hydrogens (tertiary/aromatic N) is 2. The van der Waals surface area contributed by atoms with Crippen LogP contribution < -0.4 is 14.8 Å². The second kappa shape index (κ2) is 7.04. The van der Waals surface area contributed by atoms with E-state index in [2.05, 4.69) is 34.1 Å². The molecule has 1 aliphatic heterocycles. The number of hydrogen-bond acceptors (Lipinski definition) is 4. The van der Waals surface area contributed by atoms with Gasteiger partial charge in [-0.05, 0) is 49.1 Å². The third kappa shape index (κ3) is 3.50. The Morgan fingerprint density at radius 2 is 2.04 bits per heavy atom. The van der Waals surface area contributed by atoms with Gasteiger partial charge in [-0.1, -0.05) is 0 Å². The Balaban J connectivity index is 1.57. The second-order valence-corrected chi connectivity index (χ2v) is 6.17. The van der Waals surface area contributed by atoms with E-state index in [-0.39, 0.29) is 0 Å². The highest BCUT2D eigenvalue weighted by molar-refractivity contribution is 5.46. The third-order valence-electron chi connectivity index (χ3n) is 4.62. The minimum absolute atomic E-state index is 0.664. The fourth-order valence-corrected chi connectivity index (χ4v) is 3.23. The molecule has 1 atom stereocenters. The number of ether oxygens (including phenoxy) is 2. The van der Waals surface area contributed by atoms with Crippen molar-refractivity contribution >= 4 is 0 Å². The molecule has 0 saturated carbocycles. The van der Waals surface area contributed by atoms with E-state index in [1.54, 1.807) is 14.2 Å². The average molecular weight is 315 g/mol. The number of aromatic nitrogens is 2. The fraction of sp³-hybridized carbons (Fsp3) is 0.500. The van der Waals surface area contributed by atoms with Crippen molar-refractivity contribution in [2.24, 2.45) is 5.92 Å². The summed E-state index contributed by atoms with van der Waals surface area (Å²) in [5.74, 6) is 3.46. The van der Waals surface area contributed by atoms with Crippen LogP contribution in [0.1, 0.15) is 23.4 Å². The lowest BCUT2D eigenvalue weighted by atomic mass is 9.99. The van der Waals surface area contributed by atoms with Gasteiger partial charge in [0.05, 0.1) is 14.2 Å². The molecule has 5 nitrogen and oxygen atoms in total. The number of rotatable bonds is 6. The van der Waals surface area contributed by atoms with Gasteiger partial charge in [0.2, 0.25) is 0 Å². The lowest BCUT2D eigenvalue weighted by Crippen LogP contribution is -2.29. The van der Waals surface area contributed by atoms with E-state index in [9.17, 15) is 0 Å². The van der Waals surface area contributed by atoms with E-state index in [1.807, 2.05) is 12.3 Å². The van der Waals surface area contributed by atoms with Gasteiger partial charge in [-0.25, -0.2) is 4.98 Å². The number of aryl methyl sites for hydroxylation is 2. The molecule has 23 heavy (non-hydrogen) atoms. The van der Waals surface area contributed by atoms with E-state index in [0.29, 0.717) is 5.92 Å². The summed E-state index contributed by atoms with van der Waals surface area (Å²) in [7, 11) is 3.35. The summed E-state index contributed by atoms with van der Waals surface area (Å²) in [6.07, 6.45) is 6.27. The van der Waals surface area contributed by atoms with Crippen LogP contribution in [0.5, 0.6) is 11.5 Å². The zero-order chi connectivity index (χ0) is 16.2. The molecule has 1 aromatic heterocycles. The molecule has 0 saturated heterocycles. The topological polar surface area (TPSA) is 48.3 Å². The standard InChI is InChI=1S/C18H25N3O2/c1-13-8-16(22-2)17(23-3)9-15(13)11-19-10-14-4-5-18-20-6-7-21(18)12-14/h6-9,14,19H,4-5,10-12H2,1-3H3/t14-/m0/s1. The number of hydrogen-bond donors (Lipinski definition) is 1. The van der Waals surface area contributed by atoms with Gasteiger partial charge in [0, 0.05) is 31.9 Å². The minimum Gasteiger partial charge on any atom is -0.493 e. The molecule has 0 fully saturated rings. The molecule has 2 heterocycles. The van der Waals surface area contributed by atoms with E-state index in [1.165, 1.54) is 23.4 Å². The molecule has 0 aliphatic carbocycles.